The highest BCUT2D eigenvalue weighted by molar-refractivity contribution is 5.91. The summed E-state index contributed by atoms with van der Waals surface area (Å²) >= 11 is 0. The molecule has 0 spiro atoms. The third-order valence-electron chi connectivity index (χ3n) is 2.79. The van der Waals surface area contributed by atoms with Gasteiger partial charge < -0.3 is 20.8 Å². The van der Waals surface area contributed by atoms with E-state index in [9.17, 15) is 19.8 Å². The summed E-state index contributed by atoms with van der Waals surface area (Å²) in [5, 5.41) is 24.9. The quantitative estimate of drug-likeness (QED) is 0.350. The van der Waals surface area contributed by atoms with Gasteiger partial charge in [0.2, 0.25) is 0 Å². The number of rotatable bonds is 9. The van der Waals surface area contributed by atoms with Crippen LogP contribution in [0.4, 0.5) is 0 Å². The molecule has 0 aromatic heterocycles. The van der Waals surface area contributed by atoms with E-state index in [1.807, 2.05) is 27.7 Å². The molecule has 0 radical (unpaired) electrons. The van der Waals surface area contributed by atoms with Crippen LogP contribution in [0.2, 0.25) is 0 Å². The lowest BCUT2D eigenvalue weighted by Crippen LogP contribution is -2.45. The molecule has 0 heterocycles. The Labute approximate surface area is 132 Å². The van der Waals surface area contributed by atoms with Gasteiger partial charge in [-0.1, -0.05) is 39.5 Å². The molecule has 0 unspecified atom stereocenters. The van der Waals surface area contributed by atoms with Crippen LogP contribution in [0.3, 0.4) is 0 Å². The van der Waals surface area contributed by atoms with Crippen LogP contribution >= 0.6 is 0 Å². The molecule has 6 heteroatoms. The number of hydrogen-bond donors (Lipinski definition) is 4. The van der Waals surface area contributed by atoms with E-state index >= 15 is 0 Å². The molecular weight excluding hydrogens is 284 g/mol. The molecule has 0 aliphatic heterocycles. The average Bonchev–Trinajstić information content (AvgIpc) is 2.45. The Hall–Kier alpha value is -1.42. The van der Waals surface area contributed by atoms with Crippen LogP contribution in [-0.4, -0.2) is 53.2 Å². The van der Waals surface area contributed by atoms with E-state index in [0.717, 1.165) is 0 Å². The number of amides is 1. The molecule has 22 heavy (non-hydrogen) atoms. The first kappa shape index (κ1) is 20.6. The van der Waals surface area contributed by atoms with E-state index in [4.69, 9.17) is 0 Å². The molecule has 126 valence electrons. The number of hydrogen-bond acceptors (Lipinski definition) is 5. The van der Waals surface area contributed by atoms with Gasteiger partial charge >= 0.3 is 0 Å². The standard InChI is InChI=1S/C16H28N2O4/c1-11(2)7-5-10-18-16(22)15(21)14(20)13(19)8-6-9-17-12(3)4/h11-12,14-15,17,20-21H,6,8-10H2,1-4H3,(H,18,22)/t14-,15+/m1/s1. The number of carbonyl (C=O) groups is 2. The van der Waals surface area contributed by atoms with Gasteiger partial charge in [-0.05, 0) is 13.0 Å². The van der Waals surface area contributed by atoms with E-state index in [1.165, 1.54) is 0 Å². The molecule has 4 N–H and O–H groups in total. The minimum Gasteiger partial charge on any atom is -0.382 e. The van der Waals surface area contributed by atoms with Gasteiger partial charge in [0.25, 0.3) is 5.91 Å². The van der Waals surface area contributed by atoms with Crippen LogP contribution in [0.5, 0.6) is 0 Å². The van der Waals surface area contributed by atoms with Crippen LogP contribution in [0, 0.1) is 17.8 Å². The number of nitrogens with one attached hydrogen (secondary N) is 2. The summed E-state index contributed by atoms with van der Waals surface area (Å²) in [4.78, 5) is 23.3. The van der Waals surface area contributed by atoms with Crippen molar-refractivity contribution in [3.63, 3.8) is 0 Å². The summed E-state index contributed by atoms with van der Waals surface area (Å²) in [7, 11) is 0. The highest BCUT2D eigenvalue weighted by Crippen LogP contribution is 2.02. The zero-order chi connectivity index (χ0) is 17.1. The zero-order valence-electron chi connectivity index (χ0n) is 13.8. The Morgan fingerprint density at radius 2 is 1.73 bits per heavy atom. The van der Waals surface area contributed by atoms with E-state index in [0.29, 0.717) is 19.0 Å². The lowest BCUT2D eigenvalue weighted by atomic mass is 10.0. The van der Waals surface area contributed by atoms with Crippen LogP contribution in [0.15, 0.2) is 0 Å². The Kier molecular flexibility index (Phi) is 10.5. The molecule has 0 rings (SSSR count). The topological polar surface area (TPSA) is 98.7 Å². The summed E-state index contributed by atoms with van der Waals surface area (Å²) < 4.78 is 0. The van der Waals surface area contributed by atoms with E-state index < -0.39 is 23.9 Å². The lowest BCUT2D eigenvalue weighted by Gasteiger charge is -2.16. The van der Waals surface area contributed by atoms with Crippen molar-refractivity contribution in [1.82, 2.24) is 10.6 Å². The summed E-state index contributed by atoms with van der Waals surface area (Å²) in [5.41, 5.74) is 0. The van der Waals surface area contributed by atoms with E-state index in [2.05, 4.69) is 22.5 Å². The number of carbonyl (C=O) groups excluding carboxylic acids is 2. The normalized spacial score (nSPS) is 13.5. The Morgan fingerprint density at radius 1 is 1.09 bits per heavy atom. The fourth-order valence-electron chi connectivity index (χ4n) is 1.61. The summed E-state index contributed by atoms with van der Waals surface area (Å²) in [6.45, 7) is 8.54. The Balaban J connectivity index is 4.12. The van der Waals surface area contributed by atoms with Crippen LogP contribution < -0.4 is 10.6 Å². The molecular formula is C16H28N2O4. The van der Waals surface area contributed by atoms with Crippen molar-refractivity contribution >= 4 is 11.7 Å². The molecule has 0 aliphatic carbocycles. The second-order valence-corrected chi connectivity index (χ2v) is 5.76. The predicted octanol–water partition coefficient (Wildman–Crippen LogP) is -0.169. The van der Waals surface area contributed by atoms with E-state index in [-0.39, 0.29) is 18.9 Å². The monoisotopic (exact) mass is 312 g/mol. The number of Topliss-reactive ketones (excluding diaryl/α,β-unsaturated/α-hetero) is 1. The van der Waals surface area contributed by atoms with Gasteiger partial charge in [-0.2, -0.15) is 0 Å². The first-order valence-corrected chi connectivity index (χ1v) is 7.64. The minimum atomic E-state index is -1.76. The molecule has 0 fully saturated rings. The summed E-state index contributed by atoms with van der Waals surface area (Å²) in [6, 6.07) is 0.323. The second-order valence-electron chi connectivity index (χ2n) is 5.76. The average molecular weight is 312 g/mol. The van der Waals surface area contributed by atoms with Gasteiger partial charge in [-0.15, -0.1) is 0 Å². The molecule has 0 bridgehead atoms. The molecule has 0 saturated heterocycles. The van der Waals surface area contributed by atoms with Gasteiger partial charge in [0.1, 0.15) is 6.10 Å². The molecule has 0 aliphatic rings. The highest BCUT2D eigenvalue weighted by Gasteiger charge is 2.29. The number of ketones is 1. The van der Waals surface area contributed by atoms with Crippen LogP contribution in [0.1, 0.15) is 40.5 Å². The fraction of sp³-hybridized carbons (Fsp3) is 0.750. The molecule has 0 saturated carbocycles. The van der Waals surface area contributed by atoms with Gasteiger partial charge in [0.15, 0.2) is 11.9 Å². The Bertz CT molecular complexity index is 410. The maximum absolute atomic E-state index is 11.7. The third kappa shape index (κ3) is 9.50. The van der Waals surface area contributed by atoms with Gasteiger partial charge in [0, 0.05) is 18.4 Å². The second kappa shape index (κ2) is 11.2. The zero-order valence-corrected chi connectivity index (χ0v) is 13.8. The third-order valence-corrected chi connectivity index (χ3v) is 2.79. The molecule has 1 amide bonds. The van der Waals surface area contributed by atoms with Crippen molar-refractivity contribution in [3.8, 4) is 11.8 Å². The van der Waals surface area contributed by atoms with Gasteiger partial charge in [0.05, 0.1) is 6.54 Å². The summed E-state index contributed by atoms with van der Waals surface area (Å²) in [6.07, 6.45) is -2.80. The first-order valence-electron chi connectivity index (χ1n) is 7.64. The van der Waals surface area contributed by atoms with E-state index in [1.54, 1.807) is 0 Å². The van der Waals surface area contributed by atoms with Gasteiger partial charge in [-0.3, -0.25) is 9.59 Å². The molecule has 0 aromatic carbocycles. The summed E-state index contributed by atoms with van der Waals surface area (Å²) in [5.74, 6) is 4.43. The fourth-order valence-corrected chi connectivity index (χ4v) is 1.61. The highest BCUT2D eigenvalue weighted by atomic mass is 16.3. The maximum Gasteiger partial charge on any atom is 0.252 e. The Morgan fingerprint density at radius 3 is 2.27 bits per heavy atom. The molecule has 0 aromatic rings. The minimum absolute atomic E-state index is 0.0767. The SMILES string of the molecule is CC(C)C#CCNC(=O)[C@@H](O)[C@H](O)C(=O)CCCNC(C)C. The molecule has 6 nitrogen and oxygen atoms in total. The van der Waals surface area contributed by atoms with Crippen molar-refractivity contribution in [2.24, 2.45) is 5.92 Å². The molecule has 2 atom stereocenters. The number of aliphatic hydroxyl groups is 2. The van der Waals surface area contributed by atoms with Crippen molar-refractivity contribution in [3.05, 3.63) is 0 Å². The van der Waals surface area contributed by atoms with Crippen molar-refractivity contribution in [2.75, 3.05) is 13.1 Å². The van der Waals surface area contributed by atoms with Crippen molar-refractivity contribution in [1.29, 1.82) is 0 Å². The first-order chi connectivity index (χ1) is 10.3. The van der Waals surface area contributed by atoms with Crippen molar-refractivity contribution in [2.45, 2.75) is 58.8 Å². The maximum atomic E-state index is 11.7. The van der Waals surface area contributed by atoms with Gasteiger partial charge in [-0.25, -0.2) is 0 Å². The number of aliphatic hydroxyl groups excluding tert-OH is 2. The van der Waals surface area contributed by atoms with Crippen LogP contribution in [-0.2, 0) is 9.59 Å². The smallest absolute Gasteiger partial charge is 0.252 e. The lowest BCUT2D eigenvalue weighted by molar-refractivity contribution is -0.144. The predicted molar refractivity (Wildman–Crippen MR) is 85.0 cm³/mol. The largest absolute Gasteiger partial charge is 0.382 e. The van der Waals surface area contributed by atoms with Crippen molar-refractivity contribution < 1.29 is 19.8 Å². The van der Waals surface area contributed by atoms with Crippen LogP contribution in [0.25, 0.3) is 0 Å².